The zero-order valence-corrected chi connectivity index (χ0v) is 9.61. The van der Waals surface area contributed by atoms with E-state index in [-0.39, 0.29) is 6.79 Å². The van der Waals surface area contributed by atoms with Crippen LogP contribution < -0.4 is 9.47 Å². The fourth-order valence-electron chi connectivity index (χ4n) is 1.76. The third kappa shape index (κ3) is 2.08. The van der Waals surface area contributed by atoms with Gasteiger partial charge in [-0.15, -0.1) is 0 Å². The predicted octanol–water partition coefficient (Wildman–Crippen LogP) is 1.68. The fourth-order valence-corrected chi connectivity index (χ4v) is 1.76. The van der Waals surface area contributed by atoms with Crippen LogP contribution in [-0.2, 0) is 16.0 Å². The molecule has 17 heavy (non-hydrogen) atoms. The van der Waals surface area contributed by atoms with Crippen molar-refractivity contribution in [2.45, 2.75) is 20.3 Å². The van der Waals surface area contributed by atoms with E-state index in [1.807, 2.05) is 6.92 Å². The van der Waals surface area contributed by atoms with Gasteiger partial charge in [0.05, 0.1) is 5.56 Å². The lowest BCUT2D eigenvalue weighted by molar-refractivity contribution is -0.135. The van der Waals surface area contributed by atoms with Gasteiger partial charge in [-0.25, -0.2) is 4.79 Å². The maximum absolute atomic E-state index is 11.7. The summed E-state index contributed by atoms with van der Waals surface area (Å²) in [5.41, 5.74) is 1.04. The zero-order chi connectivity index (χ0) is 12.4. The molecule has 90 valence electrons. The molecule has 1 aliphatic heterocycles. The molecule has 0 spiro atoms. The summed E-state index contributed by atoms with van der Waals surface area (Å²) >= 11 is 0. The second kappa shape index (κ2) is 4.45. The Kier molecular flexibility index (Phi) is 2.99. The topological polar surface area (TPSA) is 61.8 Å². The number of rotatable bonds is 2. The van der Waals surface area contributed by atoms with Crippen LogP contribution in [-0.4, -0.2) is 18.7 Å². The molecule has 0 saturated heterocycles. The van der Waals surface area contributed by atoms with Crippen molar-refractivity contribution in [2.75, 3.05) is 6.79 Å². The molecule has 0 fully saturated rings. The zero-order valence-electron chi connectivity index (χ0n) is 9.61. The molecule has 0 unspecified atom stereocenters. The number of hydrogen-bond donors (Lipinski definition) is 0. The molecule has 0 radical (unpaired) electrons. The number of carbonyl (C=O) groups is 2. The summed E-state index contributed by atoms with van der Waals surface area (Å²) in [6.07, 6.45) is 0.592. The van der Waals surface area contributed by atoms with Crippen LogP contribution in [0.25, 0.3) is 0 Å². The quantitative estimate of drug-likeness (QED) is 0.577. The Morgan fingerprint density at radius 3 is 2.76 bits per heavy atom. The highest BCUT2D eigenvalue weighted by molar-refractivity contribution is 5.98. The van der Waals surface area contributed by atoms with Crippen LogP contribution in [0.3, 0.4) is 0 Å². The first kappa shape index (κ1) is 11.4. The minimum atomic E-state index is -0.660. The molecule has 1 aromatic rings. The first-order chi connectivity index (χ1) is 8.13. The van der Waals surface area contributed by atoms with Crippen molar-refractivity contribution in [1.29, 1.82) is 0 Å². The van der Waals surface area contributed by atoms with Gasteiger partial charge in [-0.3, -0.25) is 4.79 Å². The van der Waals surface area contributed by atoms with E-state index in [9.17, 15) is 9.59 Å². The highest BCUT2D eigenvalue weighted by Gasteiger charge is 2.24. The predicted molar refractivity (Wildman–Crippen MR) is 58.0 cm³/mol. The minimum absolute atomic E-state index is 0.146. The average molecular weight is 236 g/mol. The van der Waals surface area contributed by atoms with Gasteiger partial charge in [0.1, 0.15) is 0 Å². The Morgan fingerprint density at radius 2 is 2.12 bits per heavy atom. The molecule has 0 saturated carbocycles. The fraction of sp³-hybridized carbons (Fsp3) is 0.333. The van der Waals surface area contributed by atoms with Crippen LogP contribution in [0.4, 0.5) is 0 Å². The summed E-state index contributed by atoms with van der Waals surface area (Å²) in [6, 6.07) is 3.22. The minimum Gasteiger partial charge on any atom is -0.454 e. The standard InChI is InChI=1S/C12H12O5/c1-3-8-9(12(14)17-7(2)13)4-5-10-11(8)16-6-15-10/h4-5H,3,6H2,1-2H3. The maximum atomic E-state index is 11.7. The summed E-state index contributed by atoms with van der Waals surface area (Å²) in [5.74, 6) is -0.117. The lowest BCUT2D eigenvalue weighted by Gasteiger charge is -2.08. The highest BCUT2D eigenvalue weighted by Crippen LogP contribution is 2.37. The van der Waals surface area contributed by atoms with E-state index in [0.29, 0.717) is 29.0 Å². The second-order valence-electron chi connectivity index (χ2n) is 3.56. The van der Waals surface area contributed by atoms with Crippen LogP contribution in [0.15, 0.2) is 12.1 Å². The van der Waals surface area contributed by atoms with Gasteiger partial charge in [0.15, 0.2) is 11.5 Å². The second-order valence-corrected chi connectivity index (χ2v) is 3.56. The molecule has 0 amide bonds. The van der Waals surface area contributed by atoms with E-state index in [4.69, 9.17) is 9.47 Å². The Bertz CT molecular complexity index is 478. The Balaban J connectivity index is 2.41. The summed E-state index contributed by atoms with van der Waals surface area (Å²) in [5, 5.41) is 0. The molecule has 1 aliphatic rings. The lowest BCUT2D eigenvalue weighted by Crippen LogP contribution is -2.11. The summed E-state index contributed by atoms with van der Waals surface area (Å²) in [6.45, 7) is 3.23. The number of ether oxygens (including phenoxy) is 3. The average Bonchev–Trinajstić information content (AvgIpc) is 2.74. The van der Waals surface area contributed by atoms with Gasteiger partial charge in [-0.05, 0) is 18.6 Å². The summed E-state index contributed by atoms with van der Waals surface area (Å²) < 4.78 is 15.1. The number of fused-ring (bicyclic) bond motifs is 1. The first-order valence-electron chi connectivity index (χ1n) is 5.27. The van der Waals surface area contributed by atoms with Gasteiger partial charge in [0, 0.05) is 12.5 Å². The van der Waals surface area contributed by atoms with E-state index >= 15 is 0 Å². The lowest BCUT2D eigenvalue weighted by atomic mass is 10.0. The SMILES string of the molecule is CCc1c(C(=O)OC(C)=O)ccc2c1OCO2. The first-order valence-corrected chi connectivity index (χ1v) is 5.27. The smallest absolute Gasteiger partial charge is 0.346 e. The molecule has 0 aliphatic carbocycles. The largest absolute Gasteiger partial charge is 0.454 e. The molecular formula is C12H12O5. The molecule has 0 bridgehead atoms. The summed E-state index contributed by atoms with van der Waals surface area (Å²) in [4.78, 5) is 22.5. The normalized spacial score (nSPS) is 12.4. The number of hydrogen-bond acceptors (Lipinski definition) is 5. The van der Waals surface area contributed by atoms with Crippen molar-refractivity contribution >= 4 is 11.9 Å². The van der Waals surface area contributed by atoms with E-state index in [2.05, 4.69) is 4.74 Å². The van der Waals surface area contributed by atoms with Crippen molar-refractivity contribution in [1.82, 2.24) is 0 Å². The van der Waals surface area contributed by atoms with Crippen molar-refractivity contribution in [2.24, 2.45) is 0 Å². The Labute approximate surface area is 98.3 Å². The third-order valence-electron chi connectivity index (χ3n) is 2.45. The van der Waals surface area contributed by atoms with Crippen LogP contribution in [0.5, 0.6) is 11.5 Å². The molecular weight excluding hydrogens is 224 g/mol. The van der Waals surface area contributed by atoms with Gasteiger partial charge in [0.25, 0.3) is 0 Å². The van der Waals surface area contributed by atoms with E-state index in [1.165, 1.54) is 6.92 Å². The Hall–Kier alpha value is -2.04. The van der Waals surface area contributed by atoms with Crippen molar-refractivity contribution in [3.8, 4) is 11.5 Å². The van der Waals surface area contributed by atoms with Gasteiger partial charge >= 0.3 is 11.9 Å². The summed E-state index contributed by atoms with van der Waals surface area (Å²) in [7, 11) is 0. The number of esters is 2. The molecule has 1 aromatic carbocycles. The van der Waals surface area contributed by atoms with E-state index in [0.717, 1.165) is 0 Å². The third-order valence-corrected chi connectivity index (χ3v) is 2.45. The van der Waals surface area contributed by atoms with E-state index in [1.54, 1.807) is 12.1 Å². The van der Waals surface area contributed by atoms with Crippen molar-refractivity contribution in [3.05, 3.63) is 23.3 Å². The van der Waals surface area contributed by atoms with Crippen LogP contribution >= 0.6 is 0 Å². The van der Waals surface area contributed by atoms with Crippen molar-refractivity contribution in [3.63, 3.8) is 0 Å². The molecule has 0 N–H and O–H groups in total. The Morgan fingerprint density at radius 1 is 1.35 bits per heavy atom. The van der Waals surface area contributed by atoms with Gasteiger partial charge in [0.2, 0.25) is 6.79 Å². The maximum Gasteiger partial charge on any atom is 0.346 e. The molecule has 2 rings (SSSR count). The molecule has 0 aromatic heterocycles. The molecule has 0 atom stereocenters. The van der Waals surface area contributed by atoms with Gasteiger partial charge < -0.3 is 14.2 Å². The number of carbonyl (C=O) groups excluding carboxylic acids is 2. The molecule has 5 heteroatoms. The van der Waals surface area contributed by atoms with Crippen molar-refractivity contribution < 1.29 is 23.8 Å². The van der Waals surface area contributed by atoms with Crippen LogP contribution in [0, 0.1) is 0 Å². The van der Waals surface area contributed by atoms with Crippen LogP contribution in [0.1, 0.15) is 29.8 Å². The van der Waals surface area contributed by atoms with Gasteiger partial charge in [-0.2, -0.15) is 0 Å². The van der Waals surface area contributed by atoms with E-state index < -0.39 is 11.9 Å². The monoisotopic (exact) mass is 236 g/mol. The molecule has 1 heterocycles. The van der Waals surface area contributed by atoms with Gasteiger partial charge in [-0.1, -0.05) is 6.92 Å². The number of benzene rings is 1. The van der Waals surface area contributed by atoms with Crippen LogP contribution in [0.2, 0.25) is 0 Å². The highest BCUT2D eigenvalue weighted by atomic mass is 16.7. The molecule has 5 nitrogen and oxygen atoms in total.